The van der Waals surface area contributed by atoms with Crippen LogP contribution in [-0.4, -0.2) is 10.2 Å². The number of aryl methyl sites for hydroxylation is 2. The maximum atomic E-state index is 10.6. The highest BCUT2D eigenvalue weighted by molar-refractivity contribution is 5.37. The maximum absolute atomic E-state index is 10.6. The van der Waals surface area contributed by atoms with Crippen molar-refractivity contribution in [3.05, 3.63) is 156 Å². The maximum Gasteiger partial charge on any atom is 0.118 e. The average Bonchev–Trinajstić information content (AvgIpc) is 3.24. The van der Waals surface area contributed by atoms with E-state index in [1.54, 1.807) is 0 Å². The summed E-state index contributed by atoms with van der Waals surface area (Å²) < 4.78 is 0. The first-order chi connectivity index (χ1) is 29.4. The molecule has 2 N–H and O–H groups in total. The van der Waals surface area contributed by atoms with Crippen molar-refractivity contribution in [2.75, 3.05) is 0 Å². The Morgan fingerprint density at radius 1 is 0.383 bits per heavy atom. The van der Waals surface area contributed by atoms with Crippen LogP contribution in [0, 0.1) is 11.8 Å². The highest BCUT2D eigenvalue weighted by Crippen LogP contribution is 2.28. The monoisotopic (exact) mass is 815 g/mol. The second-order valence-electron chi connectivity index (χ2n) is 17.0. The summed E-state index contributed by atoms with van der Waals surface area (Å²) in [6.45, 7) is 9.20. The van der Waals surface area contributed by atoms with Gasteiger partial charge in [-0.05, 0) is 175 Å². The minimum Gasteiger partial charge on any atom is -0.508 e. The van der Waals surface area contributed by atoms with Gasteiger partial charge in [0, 0.05) is 0 Å². The van der Waals surface area contributed by atoms with Gasteiger partial charge in [0.2, 0.25) is 0 Å². The largest absolute Gasteiger partial charge is 0.508 e. The van der Waals surface area contributed by atoms with Crippen molar-refractivity contribution in [2.45, 2.75) is 182 Å². The Morgan fingerprint density at radius 2 is 0.667 bits per heavy atom. The van der Waals surface area contributed by atoms with Crippen molar-refractivity contribution in [3.63, 3.8) is 0 Å². The van der Waals surface area contributed by atoms with Gasteiger partial charge in [0.05, 0.1) is 0 Å². The number of hydrogen-bond donors (Lipinski definition) is 2. The van der Waals surface area contributed by atoms with Crippen LogP contribution in [0.5, 0.6) is 11.5 Å². The Bertz CT molecular complexity index is 1470. The number of aromatic hydroxyl groups is 2. The molecule has 0 aliphatic rings. The molecule has 330 valence electrons. The van der Waals surface area contributed by atoms with Gasteiger partial charge in [-0.2, -0.15) is 0 Å². The molecular formula is C58H86O2. The zero-order chi connectivity index (χ0) is 43.1. The third-order valence-corrected chi connectivity index (χ3v) is 11.4. The Labute approximate surface area is 369 Å². The van der Waals surface area contributed by atoms with E-state index in [0.717, 1.165) is 114 Å². The third kappa shape index (κ3) is 27.7. The van der Waals surface area contributed by atoms with Crippen molar-refractivity contribution in [3.8, 4) is 11.5 Å². The minimum atomic E-state index is 0.424. The molecule has 2 nitrogen and oxygen atoms in total. The van der Waals surface area contributed by atoms with E-state index >= 15 is 0 Å². The first-order valence-corrected chi connectivity index (χ1v) is 24.3. The summed E-state index contributed by atoms with van der Waals surface area (Å²) in [7, 11) is 0. The summed E-state index contributed by atoms with van der Waals surface area (Å²) in [5.41, 5.74) is 4.77. The molecule has 0 saturated carbocycles. The van der Waals surface area contributed by atoms with Crippen molar-refractivity contribution in [1.29, 1.82) is 0 Å². The van der Waals surface area contributed by atoms with Gasteiger partial charge < -0.3 is 10.2 Å². The standard InChI is InChI=1S/C58H86O2/c1-5-7-9-11-13-15-17-19-21-23-25-27-29-31-33-35-37-39-41-55-49-53(43-45-57(55)59)47-51(3)52(4)48-54-44-46-58(60)56(50-54)42-40-38-36-34-32-30-28-26-24-22-20-18-16-14-12-10-8-6-2/h13-16,19-22,25-28,31-34,43-46,49-52,59-60H,5-12,17-18,23-24,29-30,35-42,47-48H2,1-4H3/b15-13-,16-14-,21-19-,22-20-,27-25-,28-26-,33-31-,34-32-. The number of phenols is 2. The van der Waals surface area contributed by atoms with Crippen LogP contribution >= 0.6 is 0 Å². The zero-order valence-corrected chi connectivity index (χ0v) is 38.7. The Kier molecular flexibility index (Phi) is 31.9. The lowest BCUT2D eigenvalue weighted by molar-refractivity contribution is 0.382. The van der Waals surface area contributed by atoms with Crippen LogP contribution in [0.2, 0.25) is 0 Å². The van der Waals surface area contributed by atoms with Crippen LogP contribution in [0.1, 0.15) is 178 Å². The minimum absolute atomic E-state index is 0.424. The fraction of sp³-hybridized carbons (Fsp3) is 0.517. The third-order valence-electron chi connectivity index (χ3n) is 11.4. The Morgan fingerprint density at radius 3 is 0.967 bits per heavy atom. The second kappa shape index (κ2) is 36.8. The molecule has 0 aromatic heterocycles. The van der Waals surface area contributed by atoms with Crippen molar-refractivity contribution in [2.24, 2.45) is 11.8 Å². The summed E-state index contributed by atoms with van der Waals surface area (Å²) in [5, 5.41) is 21.2. The molecule has 2 aromatic rings. The van der Waals surface area contributed by atoms with E-state index in [0.29, 0.717) is 23.3 Å². The molecule has 0 aliphatic carbocycles. The van der Waals surface area contributed by atoms with E-state index in [9.17, 15) is 10.2 Å². The molecule has 0 aliphatic heterocycles. The molecule has 2 aromatic carbocycles. The summed E-state index contributed by atoms with van der Waals surface area (Å²) in [5.74, 6) is 1.85. The van der Waals surface area contributed by atoms with Gasteiger partial charge in [-0.3, -0.25) is 0 Å². The molecule has 0 radical (unpaired) electrons. The Balaban J connectivity index is 1.63. The lowest BCUT2D eigenvalue weighted by Gasteiger charge is -2.21. The normalized spacial score (nSPS) is 13.7. The zero-order valence-electron chi connectivity index (χ0n) is 38.7. The number of allylic oxidation sites excluding steroid dienone is 16. The summed E-state index contributed by atoms with van der Waals surface area (Å²) in [6, 6.07) is 12.4. The molecule has 0 saturated heterocycles. The van der Waals surface area contributed by atoms with E-state index in [4.69, 9.17) is 0 Å². The number of unbranched alkanes of at least 4 members (excludes halogenated alkanes) is 10. The van der Waals surface area contributed by atoms with Crippen LogP contribution < -0.4 is 0 Å². The fourth-order valence-electron chi connectivity index (χ4n) is 7.36. The van der Waals surface area contributed by atoms with Crippen molar-refractivity contribution < 1.29 is 10.2 Å². The van der Waals surface area contributed by atoms with E-state index in [2.05, 4.69) is 149 Å². The predicted octanol–water partition coefficient (Wildman–Crippen LogP) is 17.5. The lowest BCUT2D eigenvalue weighted by Crippen LogP contribution is -2.14. The molecular weight excluding hydrogens is 729 g/mol. The second-order valence-corrected chi connectivity index (χ2v) is 17.0. The molecule has 0 amide bonds. The topological polar surface area (TPSA) is 40.5 Å². The fourth-order valence-corrected chi connectivity index (χ4v) is 7.36. The van der Waals surface area contributed by atoms with Crippen LogP contribution in [-0.2, 0) is 25.7 Å². The first kappa shape index (κ1) is 52.1. The van der Waals surface area contributed by atoms with Crippen LogP contribution in [0.15, 0.2) is 134 Å². The molecule has 0 spiro atoms. The first-order valence-electron chi connectivity index (χ1n) is 24.3. The van der Waals surface area contributed by atoms with Gasteiger partial charge in [0.1, 0.15) is 11.5 Å². The molecule has 2 unspecified atom stereocenters. The molecule has 0 fully saturated rings. The van der Waals surface area contributed by atoms with Gasteiger partial charge in [-0.15, -0.1) is 0 Å². The van der Waals surface area contributed by atoms with E-state index in [1.165, 1.54) is 62.5 Å². The summed E-state index contributed by atoms with van der Waals surface area (Å²) in [6.07, 6.45) is 63.2. The quantitative estimate of drug-likeness (QED) is 0.0537. The Hall–Kier alpha value is -4.04. The van der Waals surface area contributed by atoms with E-state index in [-0.39, 0.29) is 0 Å². The van der Waals surface area contributed by atoms with Gasteiger partial charge in [-0.25, -0.2) is 0 Å². The van der Waals surface area contributed by atoms with Gasteiger partial charge in [0.15, 0.2) is 0 Å². The van der Waals surface area contributed by atoms with E-state index in [1.807, 2.05) is 12.1 Å². The number of hydrogen-bond acceptors (Lipinski definition) is 2. The average molecular weight is 815 g/mol. The lowest BCUT2D eigenvalue weighted by atomic mass is 9.84. The van der Waals surface area contributed by atoms with Gasteiger partial charge in [-0.1, -0.05) is 175 Å². The number of rotatable bonds is 35. The van der Waals surface area contributed by atoms with Crippen molar-refractivity contribution in [1.82, 2.24) is 0 Å². The van der Waals surface area contributed by atoms with Crippen LogP contribution in [0.4, 0.5) is 0 Å². The highest BCUT2D eigenvalue weighted by atomic mass is 16.3. The van der Waals surface area contributed by atoms with E-state index < -0.39 is 0 Å². The number of benzene rings is 2. The predicted molar refractivity (Wildman–Crippen MR) is 266 cm³/mol. The highest BCUT2D eigenvalue weighted by Gasteiger charge is 2.16. The molecule has 0 bridgehead atoms. The molecule has 60 heavy (non-hydrogen) atoms. The van der Waals surface area contributed by atoms with Crippen LogP contribution in [0.3, 0.4) is 0 Å². The molecule has 0 heterocycles. The summed E-state index contributed by atoms with van der Waals surface area (Å²) >= 11 is 0. The van der Waals surface area contributed by atoms with Gasteiger partial charge >= 0.3 is 0 Å². The van der Waals surface area contributed by atoms with Crippen LogP contribution in [0.25, 0.3) is 0 Å². The molecule has 2 atom stereocenters. The number of phenolic OH excluding ortho intramolecular Hbond substituents is 2. The SMILES string of the molecule is CCCCC/C=C\C/C=C\C/C=C\C/C=C\CCCCc1cc(CC(C)C(C)Cc2ccc(O)c(CCCC/C=C\C/C=C\C/C=C\C/C=C\CCCCC)c2)ccc1O. The molecule has 2 rings (SSSR count). The molecule has 2 heteroatoms. The van der Waals surface area contributed by atoms with Crippen molar-refractivity contribution >= 4 is 0 Å². The van der Waals surface area contributed by atoms with Gasteiger partial charge in [0.25, 0.3) is 0 Å². The summed E-state index contributed by atoms with van der Waals surface area (Å²) in [4.78, 5) is 0. The smallest absolute Gasteiger partial charge is 0.118 e.